The molecule has 7 nitrogen and oxygen atoms in total. The Morgan fingerprint density at radius 1 is 1.14 bits per heavy atom. The van der Waals surface area contributed by atoms with Crippen LogP contribution in [0, 0.1) is 6.92 Å². The van der Waals surface area contributed by atoms with Gasteiger partial charge in [-0.25, -0.2) is 4.68 Å². The van der Waals surface area contributed by atoms with E-state index in [1.165, 1.54) is 0 Å². The molecule has 0 saturated heterocycles. The van der Waals surface area contributed by atoms with Crippen molar-refractivity contribution in [2.75, 3.05) is 11.9 Å². The Labute approximate surface area is 169 Å². The molecule has 7 heteroatoms. The van der Waals surface area contributed by atoms with Gasteiger partial charge in [-0.05, 0) is 60.4 Å². The van der Waals surface area contributed by atoms with Gasteiger partial charge in [0.15, 0.2) is 6.61 Å². The minimum atomic E-state index is -0.582. The van der Waals surface area contributed by atoms with Crippen LogP contribution in [0.5, 0.6) is 5.75 Å². The number of benzene rings is 2. The molecule has 0 spiro atoms. The number of nitrogens with zero attached hydrogens (tertiary/aromatic N) is 2. The topological polar surface area (TPSA) is 99.2 Å². The molecular weight excluding hydrogens is 368 g/mol. The van der Waals surface area contributed by atoms with E-state index in [9.17, 15) is 9.59 Å². The second-order valence-corrected chi connectivity index (χ2v) is 7.09. The van der Waals surface area contributed by atoms with Crippen LogP contribution in [0.25, 0.3) is 5.69 Å². The van der Waals surface area contributed by atoms with Crippen molar-refractivity contribution in [2.24, 2.45) is 5.73 Å². The summed E-state index contributed by atoms with van der Waals surface area (Å²) < 4.78 is 7.30. The molecule has 2 amide bonds. The molecule has 0 saturated carbocycles. The number of aryl methyl sites for hydroxylation is 1. The first-order valence-electron chi connectivity index (χ1n) is 9.32. The Morgan fingerprint density at radius 3 is 2.48 bits per heavy atom. The van der Waals surface area contributed by atoms with Crippen molar-refractivity contribution in [1.82, 2.24) is 9.78 Å². The lowest BCUT2D eigenvalue weighted by Gasteiger charge is -2.15. The summed E-state index contributed by atoms with van der Waals surface area (Å²) in [5.74, 6) is 0.207. The number of ether oxygens (including phenoxy) is 1. The number of carbonyl (C=O) groups is 2. The van der Waals surface area contributed by atoms with Gasteiger partial charge in [-0.1, -0.05) is 26.0 Å². The Balaban J connectivity index is 1.61. The van der Waals surface area contributed by atoms with Crippen LogP contribution in [0.15, 0.2) is 54.7 Å². The molecule has 3 rings (SSSR count). The fourth-order valence-electron chi connectivity index (χ4n) is 2.88. The van der Waals surface area contributed by atoms with E-state index >= 15 is 0 Å². The molecule has 1 aromatic heterocycles. The smallest absolute Gasteiger partial charge is 0.269 e. The summed E-state index contributed by atoms with van der Waals surface area (Å²) in [6.07, 6.45) is 1.65. The maximum atomic E-state index is 12.3. The fourth-order valence-corrected chi connectivity index (χ4v) is 2.88. The van der Waals surface area contributed by atoms with Gasteiger partial charge in [-0.3, -0.25) is 9.59 Å². The molecular formula is C22H24N4O3. The standard InChI is InChI=1S/C22H24N4O3/c1-14(2)18-9-4-15(3)12-20(18)29-13-21(27)24-16-5-7-17(8-6-16)26-11-10-19(25-26)22(23)28/h4-12,14H,13H2,1-3H3,(H2,23,28)(H,24,27). The predicted octanol–water partition coefficient (Wildman–Crippen LogP) is 3.42. The molecule has 3 aromatic rings. The van der Waals surface area contributed by atoms with E-state index in [4.69, 9.17) is 10.5 Å². The van der Waals surface area contributed by atoms with Gasteiger partial charge in [0.1, 0.15) is 11.4 Å². The van der Waals surface area contributed by atoms with E-state index in [-0.39, 0.29) is 18.2 Å². The first-order chi connectivity index (χ1) is 13.8. The summed E-state index contributed by atoms with van der Waals surface area (Å²) in [6.45, 7) is 6.09. The molecule has 0 radical (unpaired) electrons. The molecule has 0 bridgehead atoms. The molecule has 0 aliphatic rings. The molecule has 0 unspecified atom stereocenters. The largest absolute Gasteiger partial charge is 0.483 e. The van der Waals surface area contributed by atoms with E-state index in [1.807, 2.05) is 25.1 Å². The highest BCUT2D eigenvalue weighted by molar-refractivity contribution is 5.92. The van der Waals surface area contributed by atoms with Crippen molar-refractivity contribution in [3.8, 4) is 11.4 Å². The zero-order valence-electron chi connectivity index (χ0n) is 16.7. The van der Waals surface area contributed by atoms with Gasteiger partial charge in [0.05, 0.1) is 5.69 Å². The Morgan fingerprint density at radius 2 is 1.86 bits per heavy atom. The molecule has 3 N–H and O–H groups in total. The summed E-state index contributed by atoms with van der Waals surface area (Å²) in [5, 5.41) is 6.91. The number of primary amides is 1. The van der Waals surface area contributed by atoms with Crippen molar-refractivity contribution in [3.63, 3.8) is 0 Å². The van der Waals surface area contributed by atoms with E-state index in [1.54, 1.807) is 41.2 Å². The number of nitrogens with one attached hydrogen (secondary N) is 1. The average Bonchev–Trinajstić information content (AvgIpc) is 3.17. The maximum absolute atomic E-state index is 12.3. The maximum Gasteiger partial charge on any atom is 0.269 e. The monoisotopic (exact) mass is 392 g/mol. The summed E-state index contributed by atoms with van der Waals surface area (Å²) in [5.41, 5.74) is 8.94. The first kappa shape index (κ1) is 20.1. The molecule has 0 aliphatic heterocycles. The molecule has 29 heavy (non-hydrogen) atoms. The van der Waals surface area contributed by atoms with Gasteiger partial charge in [-0.2, -0.15) is 5.10 Å². The number of anilines is 1. The molecule has 1 heterocycles. The van der Waals surface area contributed by atoms with Crippen LogP contribution in [0.2, 0.25) is 0 Å². The molecule has 0 aliphatic carbocycles. The number of amides is 2. The molecule has 0 atom stereocenters. The zero-order chi connectivity index (χ0) is 21.0. The van der Waals surface area contributed by atoms with Crippen LogP contribution in [0.1, 0.15) is 41.4 Å². The minimum Gasteiger partial charge on any atom is -0.483 e. The fraction of sp³-hybridized carbons (Fsp3) is 0.227. The number of hydrogen-bond acceptors (Lipinski definition) is 4. The summed E-state index contributed by atoms with van der Waals surface area (Å²) >= 11 is 0. The van der Waals surface area contributed by atoms with Gasteiger partial charge in [0, 0.05) is 11.9 Å². The summed E-state index contributed by atoms with van der Waals surface area (Å²) in [7, 11) is 0. The third kappa shape index (κ3) is 5.01. The van der Waals surface area contributed by atoms with Gasteiger partial charge >= 0.3 is 0 Å². The Hall–Kier alpha value is -3.61. The predicted molar refractivity (Wildman–Crippen MR) is 111 cm³/mol. The highest BCUT2D eigenvalue weighted by Gasteiger charge is 2.11. The number of nitrogens with two attached hydrogens (primary N) is 1. The van der Waals surface area contributed by atoms with Crippen molar-refractivity contribution in [3.05, 3.63) is 71.5 Å². The quantitative estimate of drug-likeness (QED) is 0.643. The van der Waals surface area contributed by atoms with Crippen LogP contribution in [-0.4, -0.2) is 28.2 Å². The van der Waals surface area contributed by atoms with Crippen LogP contribution < -0.4 is 15.8 Å². The zero-order valence-corrected chi connectivity index (χ0v) is 16.7. The SMILES string of the molecule is Cc1ccc(C(C)C)c(OCC(=O)Nc2ccc(-n3ccc(C(N)=O)n3)cc2)c1. The van der Waals surface area contributed by atoms with E-state index < -0.39 is 5.91 Å². The van der Waals surface area contributed by atoms with Gasteiger partial charge in [-0.15, -0.1) is 0 Å². The number of aromatic nitrogens is 2. The normalized spacial score (nSPS) is 10.8. The van der Waals surface area contributed by atoms with E-state index in [0.717, 1.165) is 22.6 Å². The van der Waals surface area contributed by atoms with Crippen molar-refractivity contribution >= 4 is 17.5 Å². The third-order valence-corrected chi connectivity index (χ3v) is 4.41. The summed E-state index contributed by atoms with van der Waals surface area (Å²) in [6, 6.07) is 14.6. The van der Waals surface area contributed by atoms with Crippen LogP contribution >= 0.6 is 0 Å². The Bertz CT molecular complexity index is 1020. The van der Waals surface area contributed by atoms with E-state index in [2.05, 4.69) is 24.3 Å². The number of rotatable bonds is 7. The van der Waals surface area contributed by atoms with Crippen molar-refractivity contribution < 1.29 is 14.3 Å². The second kappa shape index (κ2) is 8.60. The van der Waals surface area contributed by atoms with Gasteiger partial charge < -0.3 is 15.8 Å². The molecule has 150 valence electrons. The number of hydrogen-bond donors (Lipinski definition) is 2. The van der Waals surface area contributed by atoms with Crippen molar-refractivity contribution in [1.29, 1.82) is 0 Å². The minimum absolute atomic E-state index is 0.0773. The lowest BCUT2D eigenvalue weighted by Crippen LogP contribution is -2.20. The first-order valence-corrected chi connectivity index (χ1v) is 9.32. The lowest BCUT2D eigenvalue weighted by molar-refractivity contribution is -0.118. The van der Waals surface area contributed by atoms with Crippen molar-refractivity contribution in [2.45, 2.75) is 26.7 Å². The third-order valence-electron chi connectivity index (χ3n) is 4.41. The second-order valence-electron chi connectivity index (χ2n) is 7.09. The molecule has 0 fully saturated rings. The van der Waals surface area contributed by atoms with Crippen LogP contribution in [0.3, 0.4) is 0 Å². The Kier molecular flexibility index (Phi) is 5.97. The lowest BCUT2D eigenvalue weighted by atomic mass is 10.0. The van der Waals surface area contributed by atoms with Gasteiger partial charge in [0.25, 0.3) is 11.8 Å². The summed E-state index contributed by atoms with van der Waals surface area (Å²) in [4.78, 5) is 23.4. The van der Waals surface area contributed by atoms with E-state index in [0.29, 0.717) is 11.6 Å². The van der Waals surface area contributed by atoms with Crippen LogP contribution in [0.4, 0.5) is 5.69 Å². The van der Waals surface area contributed by atoms with Gasteiger partial charge in [0.2, 0.25) is 0 Å². The number of carbonyl (C=O) groups excluding carboxylic acids is 2. The highest BCUT2D eigenvalue weighted by atomic mass is 16.5. The molecule has 2 aromatic carbocycles. The average molecular weight is 392 g/mol. The van der Waals surface area contributed by atoms with Crippen LogP contribution in [-0.2, 0) is 4.79 Å². The highest BCUT2D eigenvalue weighted by Crippen LogP contribution is 2.27.